The molecule has 0 aliphatic rings. The van der Waals surface area contributed by atoms with E-state index < -0.39 is 24.1 Å². The zero-order valence-electron chi connectivity index (χ0n) is 9.64. The molecule has 0 aromatic carbocycles. The maximum absolute atomic E-state index is 11.5. The number of aliphatic carboxylic acids is 1. The Kier molecular flexibility index (Phi) is 6.91. The number of aliphatic hydroxyl groups excluding tert-OH is 1. The molecule has 3 N–H and O–H groups in total. The van der Waals surface area contributed by atoms with Crippen LogP contribution in [0.4, 0.5) is 4.79 Å². The number of hydrogen-bond donors (Lipinski definition) is 3. The number of urea groups is 1. The van der Waals surface area contributed by atoms with E-state index in [1.165, 1.54) is 11.8 Å². The number of hydrogen-bond acceptors (Lipinski definition) is 4. The Morgan fingerprint density at radius 3 is 2.44 bits per heavy atom. The van der Waals surface area contributed by atoms with Crippen molar-refractivity contribution < 1.29 is 19.8 Å². The van der Waals surface area contributed by atoms with Crippen LogP contribution in [0.25, 0.3) is 0 Å². The standard InChI is InChI=1S/C9H18N2O4S/c1-6(12)7(8(13)14)10-9(15)11(2)4-5-16-3/h6-7,12H,4-5H2,1-3H3,(H,10,15)(H,13,14)/t6-,7+/m1/s1. The van der Waals surface area contributed by atoms with Crippen LogP contribution in [0.1, 0.15) is 6.92 Å². The molecule has 0 aliphatic carbocycles. The van der Waals surface area contributed by atoms with E-state index in [1.807, 2.05) is 6.26 Å². The van der Waals surface area contributed by atoms with Crippen LogP contribution in [0.5, 0.6) is 0 Å². The lowest BCUT2D eigenvalue weighted by Gasteiger charge is -2.22. The van der Waals surface area contributed by atoms with Crippen LogP contribution in [0.3, 0.4) is 0 Å². The smallest absolute Gasteiger partial charge is 0.328 e. The molecule has 2 amide bonds. The predicted octanol–water partition coefficient (Wildman–Crippen LogP) is -0.175. The summed E-state index contributed by atoms with van der Waals surface area (Å²) in [5.41, 5.74) is 0. The molecule has 0 heterocycles. The molecule has 0 saturated heterocycles. The zero-order valence-corrected chi connectivity index (χ0v) is 10.5. The van der Waals surface area contributed by atoms with Crippen LogP contribution in [-0.4, -0.2) is 64.9 Å². The number of carbonyl (C=O) groups excluding carboxylic acids is 1. The maximum atomic E-state index is 11.5. The van der Waals surface area contributed by atoms with Gasteiger partial charge in [-0.05, 0) is 13.2 Å². The van der Waals surface area contributed by atoms with E-state index >= 15 is 0 Å². The summed E-state index contributed by atoms with van der Waals surface area (Å²) in [6.07, 6.45) is 0.789. The van der Waals surface area contributed by atoms with Gasteiger partial charge in [0, 0.05) is 19.3 Å². The van der Waals surface area contributed by atoms with Crippen LogP contribution in [-0.2, 0) is 4.79 Å². The Bertz CT molecular complexity index is 248. The largest absolute Gasteiger partial charge is 0.480 e. The fourth-order valence-corrected chi connectivity index (χ4v) is 1.42. The molecule has 94 valence electrons. The van der Waals surface area contributed by atoms with Crippen LogP contribution in [0.2, 0.25) is 0 Å². The first-order chi connectivity index (χ1) is 7.40. The lowest BCUT2D eigenvalue weighted by molar-refractivity contribution is -0.141. The van der Waals surface area contributed by atoms with Crippen LogP contribution < -0.4 is 5.32 Å². The van der Waals surface area contributed by atoms with E-state index in [-0.39, 0.29) is 0 Å². The second-order valence-corrected chi connectivity index (χ2v) is 4.41. The van der Waals surface area contributed by atoms with Gasteiger partial charge >= 0.3 is 12.0 Å². The first-order valence-corrected chi connectivity index (χ1v) is 6.21. The molecule has 0 fully saturated rings. The second kappa shape index (κ2) is 7.34. The zero-order chi connectivity index (χ0) is 12.7. The first-order valence-electron chi connectivity index (χ1n) is 4.81. The highest BCUT2D eigenvalue weighted by Crippen LogP contribution is 1.97. The van der Waals surface area contributed by atoms with Gasteiger partial charge in [-0.3, -0.25) is 0 Å². The molecule has 0 bridgehead atoms. The maximum Gasteiger partial charge on any atom is 0.328 e. The fourth-order valence-electron chi connectivity index (χ4n) is 0.962. The predicted molar refractivity (Wildman–Crippen MR) is 62.6 cm³/mol. The number of nitrogens with zero attached hydrogens (tertiary/aromatic N) is 1. The highest BCUT2D eigenvalue weighted by molar-refractivity contribution is 7.98. The van der Waals surface area contributed by atoms with E-state index in [9.17, 15) is 14.7 Å². The number of carboxylic acid groups (broad SMARTS) is 1. The summed E-state index contributed by atoms with van der Waals surface area (Å²) in [7, 11) is 1.58. The summed E-state index contributed by atoms with van der Waals surface area (Å²) in [5.74, 6) is -0.474. The SMILES string of the molecule is CSCCN(C)C(=O)N[C@H](C(=O)O)[C@@H](C)O. The molecule has 0 aromatic heterocycles. The van der Waals surface area contributed by atoms with Crippen molar-refractivity contribution in [2.45, 2.75) is 19.1 Å². The van der Waals surface area contributed by atoms with Crippen molar-refractivity contribution >= 4 is 23.8 Å². The molecule has 0 aromatic rings. The molecule has 2 atom stereocenters. The summed E-state index contributed by atoms with van der Waals surface area (Å²) in [6.45, 7) is 1.85. The van der Waals surface area contributed by atoms with Gasteiger partial charge in [0.2, 0.25) is 0 Å². The van der Waals surface area contributed by atoms with Gasteiger partial charge in [-0.2, -0.15) is 11.8 Å². The van der Waals surface area contributed by atoms with E-state index in [0.29, 0.717) is 6.54 Å². The van der Waals surface area contributed by atoms with Crippen molar-refractivity contribution in [1.29, 1.82) is 0 Å². The molecular formula is C9H18N2O4S. The Balaban J connectivity index is 4.24. The minimum absolute atomic E-state index is 0.498. The number of nitrogens with one attached hydrogen (secondary N) is 1. The van der Waals surface area contributed by atoms with E-state index in [2.05, 4.69) is 5.32 Å². The van der Waals surface area contributed by atoms with Crippen LogP contribution in [0, 0.1) is 0 Å². The minimum atomic E-state index is -1.27. The average Bonchev–Trinajstić information content (AvgIpc) is 2.20. The molecule has 0 spiro atoms. The first kappa shape index (κ1) is 15.0. The lowest BCUT2D eigenvalue weighted by atomic mass is 10.2. The second-order valence-electron chi connectivity index (χ2n) is 3.42. The van der Waals surface area contributed by atoms with Gasteiger partial charge in [0.25, 0.3) is 0 Å². The number of amides is 2. The van der Waals surface area contributed by atoms with Crippen molar-refractivity contribution in [1.82, 2.24) is 10.2 Å². The van der Waals surface area contributed by atoms with Gasteiger partial charge in [-0.15, -0.1) is 0 Å². The number of rotatable bonds is 6. The average molecular weight is 250 g/mol. The molecule has 0 aliphatic heterocycles. The molecule has 16 heavy (non-hydrogen) atoms. The Labute approximate surface area is 99.0 Å². The van der Waals surface area contributed by atoms with Gasteiger partial charge in [-0.25, -0.2) is 9.59 Å². The molecule has 6 nitrogen and oxygen atoms in total. The van der Waals surface area contributed by atoms with Gasteiger partial charge in [-0.1, -0.05) is 0 Å². The summed E-state index contributed by atoms with van der Waals surface area (Å²) < 4.78 is 0. The number of thioether (sulfide) groups is 1. The number of carbonyl (C=O) groups is 2. The van der Waals surface area contributed by atoms with Crippen molar-refractivity contribution in [2.75, 3.05) is 25.6 Å². The Morgan fingerprint density at radius 1 is 1.50 bits per heavy atom. The minimum Gasteiger partial charge on any atom is -0.480 e. The Morgan fingerprint density at radius 2 is 2.06 bits per heavy atom. The number of carboxylic acids is 1. The van der Waals surface area contributed by atoms with Gasteiger partial charge < -0.3 is 20.4 Å². The Hall–Kier alpha value is -0.950. The summed E-state index contributed by atoms with van der Waals surface area (Å²) in [6, 6.07) is -1.77. The molecule has 0 unspecified atom stereocenters. The quantitative estimate of drug-likeness (QED) is 0.608. The summed E-state index contributed by atoms with van der Waals surface area (Å²) >= 11 is 1.59. The van der Waals surface area contributed by atoms with Gasteiger partial charge in [0.15, 0.2) is 6.04 Å². The lowest BCUT2D eigenvalue weighted by Crippen LogP contribution is -2.51. The fraction of sp³-hybridized carbons (Fsp3) is 0.778. The molecular weight excluding hydrogens is 232 g/mol. The summed E-state index contributed by atoms with van der Waals surface area (Å²) in [4.78, 5) is 23.6. The van der Waals surface area contributed by atoms with Crippen molar-refractivity contribution in [3.8, 4) is 0 Å². The van der Waals surface area contributed by atoms with Crippen molar-refractivity contribution in [3.63, 3.8) is 0 Å². The molecule has 7 heteroatoms. The molecule has 0 rings (SSSR count). The van der Waals surface area contributed by atoms with E-state index in [1.54, 1.807) is 18.8 Å². The number of aliphatic hydroxyl groups is 1. The third kappa shape index (κ3) is 5.22. The van der Waals surface area contributed by atoms with Gasteiger partial charge in [0.1, 0.15) is 0 Å². The third-order valence-corrected chi connectivity index (χ3v) is 2.60. The third-order valence-electron chi connectivity index (χ3n) is 2.00. The van der Waals surface area contributed by atoms with E-state index in [0.717, 1.165) is 5.75 Å². The van der Waals surface area contributed by atoms with Crippen molar-refractivity contribution in [2.24, 2.45) is 0 Å². The van der Waals surface area contributed by atoms with Crippen molar-refractivity contribution in [3.05, 3.63) is 0 Å². The van der Waals surface area contributed by atoms with Crippen LogP contribution in [0.15, 0.2) is 0 Å². The van der Waals surface area contributed by atoms with E-state index in [4.69, 9.17) is 5.11 Å². The normalized spacial score (nSPS) is 14.0. The molecule has 0 radical (unpaired) electrons. The van der Waals surface area contributed by atoms with Gasteiger partial charge in [0.05, 0.1) is 6.10 Å². The topological polar surface area (TPSA) is 89.9 Å². The van der Waals surface area contributed by atoms with Crippen LogP contribution >= 0.6 is 11.8 Å². The molecule has 0 saturated carbocycles. The highest BCUT2D eigenvalue weighted by atomic mass is 32.2. The summed E-state index contributed by atoms with van der Waals surface area (Å²) in [5, 5.41) is 20.2. The monoisotopic (exact) mass is 250 g/mol. The highest BCUT2D eigenvalue weighted by Gasteiger charge is 2.25.